The number of urea groups is 1. The van der Waals surface area contributed by atoms with Gasteiger partial charge in [0, 0.05) is 18.9 Å². The van der Waals surface area contributed by atoms with Gasteiger partial charge in [-0.2, -0.15) is 8.78 Å². The van der Waals surface area contributed by atoms with Crippen molar-refractivity contribution in [2.45, 2.75) is 57.7 Å². The Morgan fingerprint density at radius 3 is 2.78 bits per heavy atom. The van der Waals surface area contributed by atoms with E-state index in [2.05, 4.69) is 15.6 Å². The van der Waals surface area contributed by atoms with Crippen molar-refractivity contribution in [1.29, 1.82) is 0 Å². The summed E-state index contributed by atoms with van der Waals surface area (Å²) in [6, 6.07) is -0.509. The summed E-state index contributed by atoms with van der Waals surface area (Å²) in [7, 11) is 0. The minimum absolute atomic E-state index is 0.0780. The Bertz CT molecular complexity index is 513. The summed E-state index contributed by atoms with van der Waals surface area (Å²) < 4.78 is 26.0. The van der Waals surface area contributed by atoms with Crippen molar-refractivity contribution in [3.8, 4) is 0 Å². The number of nitrogens with zero attached hydrogens (tertiary/aromatic N) is 2. The second-order valence-electron chi connectivity index (χ2n) is 6.26. The lowest BCUT2D eigenvalue weighted by atomic mass is 9.78. The van der Waals surface area contributed by atoms with Crippen LogP contribution in [0.25, 0.3) is 0 Å². The number of halogens is 2. The second kappa shape index (κ2) is 7.72. The summed E-state index contributed by atoms with van der Waals surface area (Å²) in [6.07, 6.45) is 7.73. The zero-order chi connectivity index (χ0) is 16.9. The lowest BCUT2D eigenvalue weighted by Gasteiger charge is -2.35. The number of imidazole rings is 1. The van der Waals surface area contributed by atoms with Gasteiger partial charge in [0.15, 0.2) is 0 Å². The molecule has 1 fully saturated rings. The maximum absolute atomic E-state index is 12.7. The largest absolute Gasteiger partial charge is 0.388 e. The molecule has 0 spiro atoms. The SMILES string of the molecule is C[C@@](O)(CNC(=O)NCc1nccn1C(F)F)C1CCCCC1. The van der Waals surface area contributed by atoms with Gasteiger partial charge in [-0.1, -0.05) is 19.3 Å². The molecule has 1 atom stereocenters. The van der Waals surface area contributed by atoms with Gasteiger partial charge in [-0.3, -0.25) is 4.57 Å². The van der Waals surface area contributed by atoms with Gasteiger partial charge >= 0.3 is 12.6 Å². The highest BCUT2D eigenvalue weighted by atomic mass is 19.3. The molecular formula is C15H24F2N4O2. The third-order valence-corrected chi connectivity index (χ3v) is 4.46. The monoisotopic (exact) mass is 330 g/mol. The fourth-order valence-electron chi connectivity index (χ4n) is 3.01. The molecule has 0 bridgehead atoms. The zero-order valence-electron chi connectivity index (χ0n) is 13.3. The van der Waals surface area contributed by atoms with E-state index >= 15 is 0 Å². The molecule has 0 aliphatic heterocycles. The van der Waals surface area contributed by atoms with Crippen LogP contribution in [-0.2, 0) is 6.54 Å². The summed E-state index contributed by atoms with van der Waals surface area (Å²) >= 11 is 0. The first-order chi connectivity index (χ1) is 10.9. The maximum atomic E-state index is 12.7. The van der Waals surface area contributed by atoms with Crippen LogP contribution in [0.5, 0.6) is 0 Å². The van der Waals surface area contributed by atoms with E-state index in [9.17, 15) is 18.7 Å². The number of nitrogens with one attached hydrogen (secondary N) is 2. The zero-order valence-corrected chi connectivity index (χ0v) is 13.3. The molecule has 0 unspecified atom stereocenters. The quantitative estimate of drug-likeness (QED) is 0.749. The highest BCUT2D eigenvalue weighted by Gasteiger charge is 2.33. The lowest BCUT2D eigenvalue weighted by molar-refractivity contribution is -0.0130. The fraction of sp³-hybridized carbons (Fsp3) is 0.733. The van der Waals surface area contributed by atoms with Gasteiger partial charge in [0.25, 0.3) is 0 Å². The molecule has 1 saturated carbocycles. The van der Waals surface area contributed by atoms with Crippen molar-refractivity contribution in [3.05, 3.63) is 18.2 Å². The molecule has 2 rings (SSSR count). The van der Waals surface area contributed by atoms with E-state index in [0.717, 1.165) is 31.9 Å². The number of aliphatic hydroxyl groups is 1. The van der Waals surface area contributed by atoms with Crippen molar-refractivity contribution in [2.75, 3.05) is 6.54 Å². The van der Waals surface area contributed by atoms with Crippen LogP contribution in [0.15, 0.2) is 12.4 Å². The number of carbonyl (C=O) groups is 1. The van der Waals surface area contributed by atoms with Gasteiger partial charge in [-0.15, -0.1) is 0 Å². The number of alkyl halides is 2. The highest BCUT2D eigenvalue weighted by Crippen LogP contribution is 2.32. The second-order valence-corrected chi connectivity index (χ2v) is 6.26. The van der Waals surface area contributed by atoms with Crippen LogP contribution in [0.2, 0.25) is 0 Å². The van der Waals surface area contributed by atoms with Crippen LogP contribution in [0.4, 0.5) is 13.6 Å². The predicted molar refractivity (Wildman–Crippen MR) is 80.9 cm³/mol. The Balaban J connectivity index is 1.77. The molecule has 1 aliphatic carbocycles. The molecule has 6 nitrogen and oxygen atoms in total. The van der Waals surface area contributed by atoms with Crippen molar-refractivity contribution in [2.24, 2.45) is 5.92 Å². The highest BCUT2D eigenvalue weighted by molar-refractivity contribution is 5.73. The van der Waals surface area contributed by atoms with E-state index in [1.165, 1.54) is 12.6 Å². The van der Waals surface area contributed by atoms with Crippen LogP contribution in [-0.4, -0.2) is 32.8 Å². The number of aromatic nitrogens is 2. The van der Waals surface area contributed by atoms with Crippen LogP contribution < -0.4 is 10.6 Å². The Labute approximate surface area is 134 Å². The number of hydrogen-bond acceptors (Lipinski definition) is 3. The summed E-state index contributed by atoms with van der Waals surface area (Å²) in [5.41, 5.74) is -0.959. The molecule has 3 N–H and O–H groups in total. The number of hydrogen-bond donors (Lipinski definition) is 3. The molecule has 23 heavy (non-hydrogen) atoms. The number of amides is 2. The molecule has 0 saturated heterocycles. The minimum Gasteiger partial charge on any atom is -0.388 e. The molecule has 0 aromatic carbocycles. The standard InChI is InChI=1S/C15H24F2N4O2/c1-15(23,11-5-3-2-4-6-11)10-20-14(22)19-9-12-18-7-8-21(12)13(16)17/h7-8,11,13,23H,2-6,9-10H2,1H3,(H2,19,20,22)/t15-/m1/s1. The van der Waals surface area contributed by atoms with Gasteiger partial charge in [-0.25, -0.2) is 9.78 Å². The first kappa shape index (κ1) is 17.7. The molecule has 8 heteroatoms. The minimum atomic E-state index is -2.69. The first-order valence-electron chi connectivity index (χ1n) is 7.94. The van der Waals surface area contributed by atoms with E-state index in [1.54, 1.807) is 6.92 Å². The van der Waals surface area contributed by atoms with E-state index in [0.29, 0.717) is 4.57 Å². The van der Waals surface area contributed by atoms with Gasteiger partial charge < -0.3 is 15.7 Å². The molecule has 1 heterocycles. The predicted octanol–water partition coefficient (Wildman–Crippen LogP) is 2.41. The van der Waals surface area contributed by atoms with Crippen LogP contribution in [0, 0.1) is 5.92 Å². The van der Waals surface area contributed by atoms with Crippen LogP contribution in [0.3, 0.4) is 0 Å². The normalized spacial score (nSPS) is 18.7. The Morgan fingerprint density at radius 2 is 2.13 bits per heavy atom. The number of carbonyl (C=O) groups excluding carboxylic acids is 1. The summed E-state index contributed by atoms with van der Waals surface area (Å²) in [5.74, 6) is 0.253. The topological polar surface area (TPSA) is 79.2 Å². The molecular weight excluding hydrogens is 306 g/mol. The average Bonchev–Trinajstić information content (AvgIpc) is 3.01. The molecule has 2 amide bonds. The first-order valence-corrected chi connectivity index (χ1v) is 7.94. The van der Waals surface area contributed by atoms with E-state index in [-0.39, 0.29) is 24.8 Å². The fourth-order valence-corrected chi connectivity index (χ4v) is 3.01. The van der Waals surface area contributed by atoms with Crippen molar-refractivity contribution >= 4 is 6.03 Å². The van der Waals surface area contributed by atoms with E-state index in [1.807, 2.05) is 0 Å². The number of rotatable bonds is 6. The lowest BCUT2D eigenvalue weighted by Crippen LogP contribution is -2.49. The van der Waals surface area contributed by atoms with Gasteiger partial charge in [0.1, 0.15) is 5.82 Å². The van der Waals surface area contributed by atoms with Crippen molar-refractivity contribution in [1.82, 2.24) is 20.2 Å². The molecule has 1 aliphatic rings. The van der Waals surface area contributed by atoms with Crippen molar-refractivity contribution < 1.29 is 18.7 Å². The maximum Gasteiger partial charge on any atom is 0.319 e. The van der Waals surface area contributed by atoms with E-state index < -0.39 is 18.2 Å². The van der Waals surface area contributed by atoms with Gasteiger partial charge in [-0.05, 0) is 25.7 Å². The summed E-state index contributed by atoms with van der Waals surface area (Å²) in [4.78, 5) is 15.6. The molecule has 1 aromatic rings. The smallest absolute Gasteiger partial charge is 0.319 e. The third-order valence-electron chi connectivity index (χ3n) is 4.46. The molecule has 130 valence electrons. The average molecular weight is 330 g/mol. The van der Waals surface area contributed by atoms with Gasteiger partial charge in [0.2, 0.25) is 0 Å². The Morgan fingerprint density at radius 1 is 1.43 bits per heavy atom. The van der Waals surface area contributed by atoms with Crippen LogP contribution in [0.1, 0.15) is 51.4 Å². The third kappa shape index (κ3) is 4.89. The van der Waals surface area contributed by atoms with E-state index in [4.69, 9.17) is 0 Å². The molecule has 1 aromatic heterocycles. The molecule has 0 radical (unpaired) electrons. The van der Waals surface area contributed by atoms with Crippen LogP contribution >= 0.6 is 0 Å². The Kier molecular flexibility index (Phi) is 5.92. The van der Waals surface area contributed by atoms with Crippen molar-refractivity contribution in [3.63, 3.8) is 0 Å². The summed E-state index contributed by atoms with van der Waals surface area (Å²) in [6.45, 7) is -0.932. The Hall–Kier alpha value is -1.70. The summed E-state index contributed by atoms with van der Waals surface area (Å²) in [5, 5.41) is 15.6. The van der Waals surface area contributed by atoms with Gasteiger partial charge in [0.05, 0.1) is 12.1 Å².